The normalized spacial score (nSPS) is 16.4. The van der Waals surface area contributed by atoms with Crippen LogP contribution in [0.5, 0.6) is 5.75 Å². The van der Waals surface area contributed by atoms with Crippen molar-refractivity contribution in [2.24, 2.45) is 0 Å². The first-order valence-corrected chi connectivity index (χ1v) is 9.93. The molecule has 0 N–H and O–H groups in total. The maximum atomic E-state index is 13.8. The van der Waals surface area contributed by atoms with Crippen LogP contribution in [0.1, 0.15) is 38.0 Å². The molecule has 0 fully saturated rings. The second kappa shape index (κ2) is 7.55. The Labute approximate surface area is 170 Å². The van der Waals surface area contributed by atoms with Crippen molar-refractivity contribution in [1.29, 1.82) is 0 Å². The smallest absolute Gasteiger partial charge is 0.418 e. The summed E-state index contributed by atoms with van der Waals surface area (Å²) < 4.78 is 46.5. The zero-order chi connectivity index (χ0) is 20.6. The molecule has 2 aromatic carbocycles. The van der Waals surface area contributed by atoms with Crippen LogP contribution in [0.15, 0.2) is 53.9 Å². The Kier molecular flexibility index (Phi) is 5.08. The van der Waals surface area contributed by atoms with Crippen LogP contribution < -0.4 is 9.64 Å². The first-order valence-electron chi connectivity index (χ1n) is 9.05. The van der Waals surface area contributed by atoms with E-state index in [-0.39, 0.29) is 17.3 Å². The lowest BCUT2D eigenvalue weighted by atomic mass is 9.91. The lowest BCUT2D eigenvalue weighted by Crippen LogP contribution is -2.36. The molecule has 0 bridgehead atoms. The number of nitrogens with zero attached hydrogens (tertiary/aromatic N) is 1. The fraction of sp³-hybridized carbons (Fsp3) is 0.227. The van der Waals surface area contributed by atoms with Crippen molar-refractivity contribution in [1.82, 2.24) is 0 Å². The molecule has 1 aliphatic rings. The van der Waals surface area contributed by atoms with Gasteiger partial charge in [-0.05, 0) is 53.3 Å². The van der Waals surface area contributed by atoms with E-state index in [2.05, 4.69) is 0 Å². The van der Waals surface area contributed by atoms with Gasteiger partial charge in [0.15, 0.2) is 0 Å². The first kappa shape index (κ1) is 19.5. The van der Waals surface area contributed by atoms with Gasteiger partial charge in [-0.2, -0.15) is 13.2 Å². The number of hydrogen-bond donors (Lipinski definition) is 0. The summed E-state index contributed by atoms with van der Waals surface area (Å²) in [4.78, 5) is 14.2. The molecule has 0 saturated carbocycles. The number of aldehydes is 1. The Morgan fingerprint density at radius 3 is 2.55 bits per heavy atom. The zero-order valence-corrected chi connectivity index (χ0v) is 16.4. The second-order valence-electron chi connectivity index (χ2n) is 6.81. The summed E-state index contributed by atoms with van der Waals surface area (Å²) in [5, 5.41) is 1.97. The molecular formula is C22H18F3NO2S. The molecule has 1 unspecified atom stereocenters. The maximum absolute atomic E-state index is 13.8. The largest absolute Gasteiger partial charge is 0.497 e. The van der Waals surface area contributed by atoms with Crippen molar-refractivity contribution in [2.75, 3.05) is 18.6 Å². The minimum absolute atomic E-state index is 0.0276. The molecule has 0 spiro atoms. The van der Waals surface area contributed by atoms with Crippen molar-refractivity contribution in [3.8, 4) is 5.75 Å². The van der Waals surface area contributed by atoms with Gasteiger partial charge in [-0.25, -0.2) is 0 Å². The summed E-state index contributed by atoms with van der Waals surface area (Å²) in [5.41, 5.74) is 1.38. The lowest BCUT2D eigenvalue weighted by molar-refractivity contribution is -0.137. The Morgan fingerprint density at radius 2 is 1.90 bits per heavy atom. The van der Waals surface area contributed by atoms with E-state index in [0.717, 1.165) is 17.2 Å². The Hall–Kier alpha value is -2.80. The highest BCUT2D eigenvalue weighted by Crippen LogP contribution is 2.45. The first-order chi connectivity index (χ1) is 13.9. The molecule has 2 heterocycles. The van der Waals surface area contributed by atoms with Gasteiger partial charge in [-0.15, -0.1) is 11.3 Å². The molecule has 1 atom stereocenters. The van der Waals surface area contributed by atoms with E-state index < -0.39 is 11.7 Å². The molecule has 150 valence electrons. The summed E-state index contributed by atoms with van der Waals surface area (Å²) in [6, 6.07) is 12.5. The van der Waals surface area contributed by atoms with Crippen LogP contribution in [-0.4, -0.2) is 19.9 Å². The molecule has 4 rings (SSSR count). The lowest BCUT2D eigenvalue weighted by Gasteiger charge is -2.39. The molecule has 29 heavy (non-hydrogen) atoms. The quantitative estimate of drug-likeness (QED) is 0.507. The van der Waals surface area contributed by atoms with E-state index in [0.29, 0.717) is 25.0 Å². The number of hydrogen-bond acceptors (Lipinski definition) is 4. The molecule has 0 aliphatic carbocycles. The van der Waals surface area contributed by atoms with Crippen LogP contribution in [0, 0.1) is 0 Å². The summed E-state index contributed by atoms with van der Waals surface area (Å²) in [5.74, 6) is 0.681. The van der Waals surface area contributed by atoms with Gasteiger partial charge in [0, 0.05) is 17.0 Å². The van der Waals surface area contributed by atoms with E-state index in [1.54, 1.807) is 35.5 Å². The van der Waals surface area contributed by atoms with Crippen LogP contribution in [0.4, 0.5) is 18.9 Å². The van der Waals surface area contributed by atoms with Crippen molar-refractivity contribution >= 4 is 23.3 Å². The monoisotopic (exact) mass is 417 g/mol. The molecule has 0 amide bonds. The average molecular weight is 417 g/mol. The molecule has 0 radical (unpaired) electrons. The fourth-order valence-electron chi connectivity index (χ4n) is 3.82. The highest BCUT2D eigenvalue weighted by Gasteiger charge is 2.38. The molecule has 3 aromatic rings. The topological polar surface area (TPSA) is 29.5 Å². The standard InChI is InChI=1S/C22H18F3NO2S/c1-28-16-5-3-15(4-6-16)21-17-9-11-29-20(17)8-10-26(21)19-12-14(13-27)2-7-18(19)22(23,24)25/h2-7,9,11-13,21H,8,10H2,1H3. The van der Waals surface area contributed by atoms with Gasteiger partial charge in [-0.1, -0.05) is 18.2 Å². The van der Waals surface area contributed by atoms with Crippen molar-refractivity contribution < 1.29 is 22.7 Å². The number of methoxy groups -OCH3 is 1. The number of anilines is 1. The number of benzene rings is 2. The summed E-state index contributed by atoms with van der Waals surface area (Å²) in [7, 11) is 1.57. The summed E-state index contributed by atoms with van der Waals surface area (Å²) in [6.07, 6.45) is -3.29. The third-order valence-corrected chi connectivity index (χ3v) is 6.17. The molecule has 1 aromatic heterocycles. The molecule has 3 nitrogen and oxygen atoms in total. The minimum Gasteiger partial charge on any atom is -0.497 e. The van der Waals surface area contributed by atoms with Gasteiger partial charge in [0.2, 0.25) is 0 Å². The van der Waals surface area contributed by atoms with Crippen LogP contribution >= 0.6 is 11.3 Å². The number of carbonyl (C=O) groups is 1. The SMILES string of the molecule is COc1ccc(C2c3ccsc3CCN2c2cc(C=O)ccc2C(F)(F)F)cc1. The number of carbonyl (C=O) groups excluding carboxylic acids is 1. The van der Waals surface area contributed by atoms with Gasteiger partial charge in [0.05, 0.1) is 24.4 Å². The molecule has 7 heteroatoms. The number of alkyl halides is 3. The van der Waals surface area contributed by atoms with E-state index in [9.17, 15) is 18.0 Å². The summed E-state index contributed by atoms with van der Waals surface area (Å²) >= 11 is 1.62. The Morgan fingerprint density at radius 1 is 1.14 bits per heavy atom. The predicted octanol–water partition coefficient (Wildman–Crippen LogP) is 5.74. The van der Waals surface area contributed by atoms with Gasteiger partial charge in [0.1, 0.15) is 12.0 Å². The molecular weight excluding hydrogens is 399 g/mol. The van der Waals surface area contributed by atoms with Gasteiger partial charge < -0.3 is 9.64 Å². The van der Waals surface area contributed by atoms with Crippen LogP contribution in [-0.2, 0) is 12.6 Å². The maximum Gasteiger partial charge on any atom is 0.418 e. The van der Waals surface area contributed by atoms with E-state index in [4.69, 9.17) is 4.74 Å². The molecule has 1 aliphatic heterocycles. The number of rotatable bonds is 4. The van der Waals surface area contributed by atoms with Crippen molar-refractivity contribution in [3.63, 3.8) is 0 Å². The number of thiophene rings is 1. The van der Waals surface area contributed by atoms with Crippen LogP contribution in [0.2, 0.25) is 0 Å². The Bertz CT molecular complexity index is 1030. The minimum atomic E-state index is -4.52. The van der Waals surface area contributed by atoms with Crippen molar-refractivity contribution in [3.05, 3.63) is 81.0 Å². The van der Waals surface area contributed by atoms with Crippen molar-refractivity contribution in [2.45, 2.75) is 18.6 Å². The van der Waals surface area contributed by atoms with Gasteiger partial charge >= 0.3 is 6.18 Å². The third-order valence-electron chi connectivity index (χ3n) is 5.17. The zero-order valence-electron chi connectivity index (χ0n) is 15.6. The Balaban J connectivity index is 1.89. The highest BCUT2D eigenvalue weighted by atomic mass is 32.1. The van der Waals surface area contributed by atoms with Gasteiger partial charge in [-0.3, -0.25) is 4.79 Å². The van der Waals surface area contributed by atoms with E-state index >= 15 is 0 Å². The average Bonchev–Trinajstić information content (AvgIpc) is 3.21. The fourth-order valence-corrected chi connectivity index (χ4v) is 4.72. The van der Waals surface area contributed by atoms with E-state index in [1.165, 1.54) is 17.0 Å². The van der Waals surface area contributed by atoms with Gasteiger partial charge in [0.25, 0.3) is 0 Å². The highest BCUT2D eigenvalue weighted by molar-refractivity contribution is 7.10. The second-order valence-corrected chi connectivity index (χ2v) is 7.81. The van der Waals surface area contributed by atoms with E-state index in [1.807, 2.05) is 23.6 Å². The third kappa shape index (κ3) is 3.62. The molecule has 0 saturated heterocycles. The number of halogens is 3. The summed E-state index contributed by atoms with van der Waals surface area (Å²) in [6.45, 7) is 0.426. The van der Waals surface area contributed by atoms with Crippen LogP contribution in [0.3, 0.4) is 0 Å². The number of fused-ring (bicyclic) bond motifs is 1. The predicted molar refractivity (Wildman–Crippen MR) is 107 cm³/mol. The van der Waals surface area contributed by atoms with Crippen LogP contribution in [0.25, 0.3) is 0 Å². The number of ether oxygens (including phenoxy) is 1.